The van der Waals surface area contributed by atoms with Crippen LogP contribution in [0, 0.1) is 23.2 Å². The molecule has 0 radical (unpaired) electrons. The molecule has 168 valence electrons. The van der Waals surface area contributed by atoms with E-state index in [1.807, 2.05) is 6.08 Å². The van der Waals surface area contributed by atoms with Gasteiger partial charge in [0.15, 0.2) is 8.32 Å². The number of hydrogen-bond acceptors (Lipinski definition) is 2. The first-order valence-electron chi connectivity index (χ1n) is 12.1. The van der Waals surface area contributed by atoms with Crippen molar-refractivity contribution in [1.82, 2.24) is 0 Å². The van der Waals surface area contributed by atoms with E-state index >= 15 is 0 Å². The van der Waals surface area contributed by atoms with E-state index in [1.54, 1.807) is 0 Å². The molecule has 0 aromatic carbocycles. The maximum atomic E-state index is 11.1. The van der Waals surface area contributed by atoms with Gasteiger partial charge >= 0.3 is 0 Å². The van der Waals surface area contributed by atoms with Gasteiger partial charge in [-0.05, 0) is 99.7 Å². The van der Waals surface area contributed by atoms with Gasteiger partial charge in [-0.25, -0.2) is 0 Å². The first-order chi connectivity index (χ1) is 13.2. The van der Waals surface area contributed by atoms with E-state index in [-0.39, 0.29) is 10.6 Å². The van der Waals surface area contributed by atoms with Crippen molar-refractivity contribution in [3.8, 4) is 0 Å². The van der Waals surface area contributed by atoms with E-state index in [4.69, 9.17) is 4.43 Å². The summed E-state index contributed by atoms with van der Waals surface area (Å²) in [4.78, 5) is 11.1. The monoisotopic (exact) mass is 420 g/mol. The Kier molecular flexibility index (Phi) is 7.70. The van der Waals surface area contributed by atoms with Crippen LogP contribution < -0.4 is 0 Å². The van der Waals surface area contributed by atoms with Crippen molar-refractivity contribution >= 4 is 14.6 Å². The minimum absolute atomic E-state index is 0.0322. The summed E-state index contributed by atoms with van der Waals surface area (Å²) in [5, 5.41) is 0.263. The standard InChI is InChI=1S/C26H48O2Si/c1-20(12-10-17-25(5,6)28-29(8,9)24(2,3)4)22-14-15-23-21(16-19-27)13-11-18-26(22,23)7/h16,19-20,22-23H,10-15,17-18H2,1-9H3/b21-16+/t20-,22-,23+,26-/m1/s1. The normalized spacial score (nSPS) is 31.0. The molecule has 29 heavy (non-hydrogen) atoms. The Morgan fingerprint density at radius 2 is 1.86 bits per heavy atom. The van der Waals surface area contributed by atoms with Crippen LogP contribution in [0.25, 0.3) is 0 Å². The molecule has 0 spiro atoms. The SMILES string of the molecule is C[C@H](CCCC(C)(C)O[Si](C)(C)C(C)(C)C)[C@H]1CC[C@H]2/C(=C/C=O)CCC[C@]12C. The van der Waals surface area contributed by atoms with Crippen molar-refractivity contribution in [3.05, 3.63) is 11.6 Å². The number of fused-ring (bicyclic) bond motifs is 1. The highest BCUT2D eigenvalue weighted by molar-refractivity contribution is 6.74. The predicted octanol–water partition coefficient (Wildman–Crippen LogP) is 7.93. The zero-order valence-corrected chi connectivity index (χ0v) is 21.9. The lowest BCUT2D eigenvalue weighted by Crippen LogP contribution is -2.47. The Balaban J connectivity index is 1.93. The Bertz CT molecular complexity index is 598. The Morgan fingerprint density at radius 1 is 1.21 bits per heavy atom. The summed E-state index contributed by atoms with van der Waals surface area (Å²) in [6, 6.07) is 0. The topological polar surface area (TPSA) is 26.3 Å². The molecule has 0 amide bonds. The summed E-state index contributed by atoms with van der Waals surface area (Å²) in [5.41, 5.74) is 1.81. The fourth-order valence-electron chi connectivity index (χ4n) is 6.25. The third-order valence-corrected chi connectivity index (χ3v) is 13.5. The van der Waals surface area contributed by atoms with Crippen LogP contribution in [-0.2, 0) is 9.22 Å². The van der Waals surface area contributed by atoms with Crippen molar-refractivity contribution in [3.63, 3.8) is 0 Å². The smallest absolute Gasteiger partial charge is 0.192 e. The van der Waals surface area contributed by atoms with Gasteiger partial charge in [0.05, 0.1) is 5.60 Å². The molecule has 2 nitrogen and oxygen atoms in total. The van der Waals surface area contributed by atoms with Gasteiger partial charge in [0.2, 0.25) is 0 Å². The molecule has 2 fully saturated rings. The van der Waals surface area contributed by atoms with Crippen LogP contribution in [0.4, 0.5) is 0 Å². The van der Waals surface area contributed by atoms with E-state index in [0.717, 1.165) is 31.0 Å². The summed E-state index contributed by atoms with van der Waals surface area (Å²) in [7, 11) is -1.73. The zero-order valence-electron chi connectivity index (χ0n) is 20.9. The van der Waals surface area contributed by atoms with Crippen LogP contribution in [0.5, 0.6) is 0 Å². The Morgan fingerprint density at radius 3 is 2.45 bits per heavy atom. The molecule has 0 unspecified atom stereocenters. The first kappa shape index (κ1) is 24.9. The lowest BCUT2D eigenvalue weighted by Gasteiger charge is -2.45. The lowest BCUT2D eigenvalue weighted by molar-refractivity contribution is -0.104. The molecule has 3 heteroatoms. The molecule has 0 bridgehead atoms. The average Bonchev–Trinajstić information content (AvgIpc) is 2.91. The van der Waals surface area contributed by atoms with Crippen molar-refractivity contribution in [1.29, 1.82) is 0 Å². The molecular formula is C26H48O2Si. The fraction of sp³-hybridized carbons (Fsp3) is 0.885. The second-order valence-corrected chi connectivity index (χ2v) is 17.2. The van der Waals surface area contributed by atoms with Crippen LogP contribution in [-0.4, -0.2) is 20.2 Å². The number of carbonyl (C=O) groups is 1. The predicted molar refractivity (Wildman–Crippen MR) is 128 cm³/mol. The van der Waals surface area contributed by atoms with Gasteiger partial charge in [0.1, 0.15) is 6.29 Å². The largest absolute Gasteiger partial charge is 0.412 e. The third-order valence-electron chi connectivity index (χ3n) is 8.78. The fourth-order valence-corrected chi connectivity index (χ4v) is 8.04. The van der Waals surface area contributed by atoms with Gasteiger partial charge < -0.3 is 4.43 Å². The number of rotatable bonds is 8. The second-order valence-electron chi connectivity index (χ2n) is 12.5. The molecular weight excluding hydrogens is 372 g/mol. The summed E-state index contributed by atoms with van der Waals surface area (Å²) >= 11 is 0. The summed E-state index contributed by atoms with van der Waals surface area (Å²) in [6.45, 7) is 21.3. The van der Waals surface area contributed by atoms with Crippen LogP contribution >= 0.6 is 0 Å². The lowest BCUT2D eigenvalue weighted by atomic mass is 9.60. The first-order valence-corrected chi connectivity index (χ1v) is 15.0. The van der Waals surface area contributed by atoms with Gasteiger partial charge in [0.25, 0.3) is 0 Å². The molecule has 2 aliphatic carbocycles. The second kappa shape index (κ2) is 8.98. The maximum absolute atomic E-state index is 11.1. The van der Waals surface area contributed by atoms with Crippen molar-refractivity contribution in [2.24, 2.45) is 23.2 Å². The number of allylic oxidation sites excluding steroid dienone is 2. The molecule has 0 saturated heterocycles. The minimum Gasteiger partial charge on any atom is -0.412 e. The Hall–Kier alpha value is -0.413. The third kappa shape index (κ3) is 5.64. The molecule has 2 aliphatic rings. The molecule has 4 atom stereocenters. The van der Waals surface area contributed by atoms with E-state index in [9.17, 15) is 4.79 Å². The maximum Gasteiger partial charge on any atom is 0.192 e. The van der Waals surface area contributed by atoms with Crippen LogP contribution in [0.2, 0.25) is 18.1 Å². The summed E-state index contributed by atoms with van der Waals surface area (Å²) < 4.78 is 6.74. The zero-order chi connectivity index (χ0) is 22.1. The highest BCUT2D eigenvalue weighted by Gasteiger charge is 2.50. The minimum atomic E-state index is -1.73. The van der Waals surface area contributed by atoms with E-state index in [0.29, 0.717) is 11.3 Å². The molecule has 0 N–H and O–H groups in total. The van der Waals surface area contributed by atoms with Crippen molar-refractivity contribution in [2.45, 2.75) is 124 Å². The highest BCUT2D eigenvalue weighted by Crippen LogP contribution is 2.59. The summed E-state index contributed by atoms with van der Waals surface area (Å²) in [6.07, 6.45) is 12.9. The van der Waals surface area contributed by atoms with Gasteiger partial charge in [-0.3, -0.25) is 4.79 Å². The van der Waals surface area contributed by atoms with Crippen molar-refractivity contribution in [2.75, 3.05) is 0 Å². The number of carbonyl (C=O) groups excluding carboxylic acids is 1. The highest BCUT2D eigenvalue weighted by atomic mass is 28.4. The average molecular weight is 421 g/mol. The van der Waals surface area contributed by atoms with Crippen LogP contribution in [0.1, 0.15) is 99.8 Å². The van der Waals surface area contributed by atoms with Gasteiger partial charge in [-0.2, -0.15) is 0 Å². The molecule has 2 saturated carbocycles. The summed E-state index contributed by atoms with van der Waals surface area (Å²) in [5.74, 6) is 2.20. The molecule has 0 aromatic rings. The van der Waals surface area contributed by atoms with Gasteiger partial charge in [-0.1, -0.05) is 53.0 Å². The van der Waals surface area contributed by atoms with E-state index < -0.39 is 8.32 Å². The Labute approximate surface area is 182 Å². The number of hydrogen-bond donors (Lipinski definition) is 0. The van der Waals surface area contributed by atoms with Crippen LogP contribution in [0.3, 0.4) is 0 Å². The molecule has 0 heterocycles. The van der Waals surface area contributed by atoms with Gasteiger partial charge in [-0.15, -0.1) is 0 Å². The molecule has 2 rings (SSSR count). The quantitative estimate of drug-likeness (QED) is 0.226. The van der Waals surface area contributed by atoms with Crippen LogP contribution in [0.15, 0.2) is 11.6 Å². The van der Waals surface area contributed by atoms with E-state index in [2.05, 4.69) is 61.6 Å². The van der Waals surface area contributed by atoms with Crippen molar-refractivity contribution < 1.29 is 9.22 Å². The molecule has 0 aromatic heterocycles. The molecule has 0 aliphatic heterocycles. The van der Waals surface area contributed by atoms with E-state index in [1.165, 1.54) is 44.1 Å². The number of aldehydes is 1. The van der Waals surface area contributed by atoms with Gasteiger partial charge in [0, 0.05) is 0 Å².